The third-order valence-electron chi connectivity index (χ3n) is 4.97. The van der Waals surface area contributed by atoms with Crippen molar-refractivity contribution >= 4 is 5.97 Å². The minimum absolute atomic E-state index is 0.186. The highest BCUT2D eigenvalue weighted by atomic mass is 16.6. The maximum atomic E-state index is 11.5. The number of hydrogen-bond acceptors (Lipinski definition) is 3. The number of hydrogen-bond donors (Lipinski definition) is 0. The normalized spacial score (nSPS) is 25.9. The molecule has 0 aromatic heterocycles. The van der Waals surface area contributed by atoms with Gasteiger partial charge in [0.05, 0.1) is 13.7 Å². The Bertz CT molecular complexity index is 291. The summed E-state index contributed by atoms with van der Waals surface area (Å²) in [6.45, 7) is 0.557. The van der Waals surface area contributed by atoms with E-state index >= 15 is 0 Å². The lowest BCUT2D eigenvalue weighted by atomic mass is 9.98. The quantitative estimate of drug-likeness (QED) is 0.342. The van der Waals surface area contributed by atoms with Crippen LogP contribution in [0.25, 0.3) is 0 Å². The number of esters is 1. The van der Waals surface area contributed by atoms with Crippen LogP contribution in [0.15, 0.2) is 0 Å². The van der Waals surface area contributed by atoms with E-state index in [9.17, 15) is 4.79 Å². The Morgan fingerprint density at radius 1 is 1.10 bits per heavy atom. The van der Waals surface area contributed by atoms with Crippen LogP contribution in [0.1, 0.15) is 77.0 Å². The minimum Gasteiger partial charge on any atom is -0.467 e. The molecular formula is C17H30O3. The number of carbonyl (C=O) groups is 1. The van der Waals surface area contributed by atoms with E-state index in [2.05, 4.69) is 0 Å². The van der Waals surface area contributed by atoms with Gasteiger partial charge in [0.1, 0.15) is 0 Å². The van der Waals surface area contributed by atoms with Gasteiger partial charge >= 0.3 is 5.97 Å². The molecule has 1 unspecified atom stereocenters. The fourth-order valence-electron chi connectivity index (χ4n) is 3.49. The molecule has 1 aliphatic heterocycles. The molecule has 0 bridgehead atoms. The van der Waals surface area contributed by atoms with E-state index in [1.54, 1.807) is 0 Å². The van der Waals surface area contributed by atoms with Gasteiger partial charge < -0.3 is 9.47 Å². The molecule has 116 valence electrons. The van der Waals surface area contributed by atoms with Crippen LogP contribution >= 0.6 is 0 Å². The second kappa shape index (κ2) is 8.02. The van der Waals surface area contributed by atoms with E-state index < -0.39 is 5.60 Å². The molecule has 2 aliphatic rings. The molecule has 3 nitrogen and oxygen atoms in total. The fourth-order valence-corrected chi connectivity index (χ4v) is 3.49. The molecule has 3 heteroatoms. The van der Waals surface area contributed by atoms with Gasteiger partial charge in [-0.05, 0) is 18.8 Å². The van der Waals surface area contributed by atoms with E-state index in [0.717, 1.165) is 18.8 Å². The van der Waals surface area contributed by atoms with Gasteiger partial charge in [-0.15, -0.1) is 0 Å². The molecule has 20 heavy (non-hydrogen) atoms. The van der Waals surface area contributed by atoms with E-state index in [1.807, 2.05) is 0 Å². The number of rotatable bonds is 10. The Morgan fingerprint density at radius 3 is 2.30 bits per heavy atom. The summed E-state index contributed by atoms with van der Waals surface area (Å²) in [4.78, 5) is 11.5. The lowest BCUT2D eigenvalue weighted by Crippen LogP contribution is -2.25. The van der Waals surface area contributed by atoms with Gasteiger partial charge in [0.25, 0.3) is 0 Å². The number of carbonyl (C=O) groups excluding carboxylic acids is 1. The molecule has 1 saturated carbocycles. The van der Waals surface area contributed by atoms with Gasteiger partial charge in [-0.2, -0.15) is 0 Å². The second-order valence-electron chi connectivity index (χ2n) is 6.59. The van der Waals surface area contributed by atoms with E-state index in [1.165, 1.54) is 71.3 Å². The van der Waals surface area contributed by atoms with Crippen molar-refractivity contribution in [3.63, 3.8) is 0 Å². The van der Waals surface area contributed by atoms with E-state index in [4.69, 9.17) is 9.47 Å². The minimum atomic E-state index is -0.558. The van der Waals surface area contributed by atoms with Crippen LogP contribution in [-0.4, -0.2) is 25.3 Å². The predicted octanol–water partition coefficient (Wildman–Crippen LogP) is 4.24. The molecule has 0 N–H and O–H groups in total. The average Bonchev–Trinajstić information content (AvgIpc) is 3.08. The SMILES string of the molecule is COC(=O)C1(CCCCCCCCC2CCCC2)CO1. The van der Waals surface area contributed by atoms with Crippen molar-refractivity contribution in [2.24, 2.45) is 5.92 Å². The highest BCUT2D eigenvalue weighted by Crippen LogP contribution is 2.34. The monoisotopic (exact) mass is 282 g/mol. The second-order valence-corrected chi connectivity index (χ2v) is 6.59. The van der Waals surface area contributed by atoms with Crippen LogP contribution < -0.4 is 0 Å². The summed E-state index contributed by atoms with van der Waals surface area (Å²) in [5.41, 5.74) is -0.558. The molecule has 0 aromatic rings. The van der Waals surface area contributed by atoms with Gasteiger partial charge in [-0.1, -0.05) is 64.2 Å². The van der Waals surface area contributed by atoms with Gasteiger partial charge in [-0.25, -0.2) is 4.79 Å². The Hall–Kier alpha value is -0.570. The molecule has 0 aromatic carbocycles. The standard InChI is InChI=1S/C17H30O3/c1-19-16(18)17(14-20-17)13-9-5-3-2-4-6-10-15-11-7-8-12-15/h15H,2-14H2,1H3. The molecule has 1 heterocycles. The summed E-state index contributed by atoms with van der Waals surface area (Å²) in [5, 5.41) is 0. The van der Waals surface area contributed by atoms with Crippen molar-refractivity contribution in [1.29, 1.82) is 0 Å². The Labute approximate surface area is 123 Å². The molecule has 0 radical (unpaired) electrons. The predicted molar refractivity (Wildman–Crippen MR) is 79.6 cm³/mol. The molecule has 2 rings (SSSR count). The van der Waals surface area contributed by atoms with Crippen molar-refractivity contribution < 1.29 is 14.3 Å². The topological polar surface area (TPSA) is 38.8 Å². The van der Waals surface area contributed by atoms with Crippen LogP contribution in [0.2, 0.25) is 0 Å². The summed E-state index contributed by atoms with van der Waals surface area (Å²) in [5.74, 6) is 0.857. The van der Waals surface area contributed by atoms with E-state index in [0.29, 0.717) is 6.61 Å². The summed E-state index contributed by atoms with van der Waals surface area (Å²) >= 11 is 0. The van der Waals surface area contributed by atoms with Crippen LogP contribution in [0.3, 0.4) is 0 Å². The third kappa shape index (κ3) is 4.76. The lowest BCUT2D eigenvalue weighted by Gasteiger charge is -2.09. The molecule has 1 saturated heterocycles. The average molecular weight is 282 g/mol. The first-order valence-corrected chi connectivity index (χ1v) is 8.49. The summed E-state index contributed by atoms with van der Waals surface area (Å²) in [7, 11) is 1.44. The first kappa shape index (κ1) is 15.8. The number of methoxy groups -OCH3 is 1. The lowest BCUT2D eigenvalue weighted by molar-refractivity contribution is -0.147. The van der Waals surface area contributed by atoms with Crippen molar-refractivity contribution in [2.45, 2.75) is 82.7 Å². The van der Waals surface area contributed by atoms with Crippen molar-refractivity contribution in [1.82, 2.24) is 0 Å². The van der Waals surface area contributed by atoms with Crippen molar-refractivity contribution in [3.05, 3.63) is 0 Å². The number of ether oxygens (including phenoxy) is 2. The molecule has 1 atom stereocenters. The zero-order chi connectivity index (χ0) is 14.3. The first-order valence-electron chi connectivity index (χ1n) is 8.49. The molecule has 0 amide bonds. The number of unbranched alkanes of at least 4 members (excludes halogenated alkanes) is 5. The van der Waals surface area contributed by atoms with Gasteiger partial charge in [0.2, 0.25) is 0 Å². The maximum Gasteiger partial charge on any atom is 0.340 e. The van der Waals surface area contributed by atoms with Crippen LogP contribution in [0.5, 0.6) is 0 Å². The van der Waals surface area contributed by atoms with Crippen LogP contribution in [-0.2, 0) is 14.3 Å². The highest BCUT2D eigenvalue weighted by Gasteiger charge is 2.52. The third-order valence-corrected chi connectivity index (χ3v) is 4.97. The molecule has 2 fully saturated rings. The van der Waals surface area contributed by atoms with Crippen LogP contribution in [0.4, 0.5) is 0 Å². The summed E-state index contributed by atoms with van der Waals surface area (Å²) in [6.07, 6.45) is 15.9. The fraction of sp³-hybridized carbons (Fsp3) is 0.941. The first-order chi connectivity index (χ1) is 9.77. The highest BCUT2D eigenvalue weighted by molar-refractivity contribution is 5.82. The molecular weight excluding hydrogens is 252 g/mol. The Balaban J connectivity index is 1.39. The largest absolute Gasteiger partial charge is 0.467 e. The zero-order valence-electron chi connectivity index (χ0n) is 13.0. The Kier molecular flexibility index (Phi) is 6.34. The summed E-state index contributed by atoms with van der Waals surface area (Å²) < 4.78 is 10.0. The smallest absolute Gasteiger partial charge is 0.340 e. The van der Waals surface area contributed by atoms with Gasteiger partial charge in [0, 0.05) is 0 Å². The maximum absolute atomic E-state index is 11.5. The molecule has 0 spiro atoms. The Morgan fingerprint density at radius 2 is 1.70 bits per heavy atom. The number of epoxide rings is 1. The summed E-state index contributed by atoms with van der Waals surface area (Å²) in [6, 6.07) is 0. The van der Waals surface area contributed by atoms with Gasteiger partial charge in [-0.3, -0.25) is 0 Å². The van der Waals surface area contributed by atoms with Crippen LogP contribution in [0, 0.1) is 5.92 Å². The van der Waals surface area contributed by atoms with E-state index in [-0.39, 0.29) is 5.97 Å². The van der Waals surface area contributed by atoms with Gasteiger partial charge in [0.15, 0.2) is 5.60 Å². The molecule has 1 aliphatic carbocycles. The van der Waals surface area contributed by atoms with Crippen molar-refractivity contribution in [2.75, 3.05) is 13.7 Å². The zero-order valence-corrected chi connectivity index (χ0v) is 13.0. The van der Waals surface area contributed by atoms with Crippen molar-refractivity contribution in [3.8, 4) is 0 Å².